The molecule has 0 fully saturated rings. The third kappa shape index (κ3) is 6.35. The molecular formula is C24H29FN2O4. The molecule has 31 heavy (non-hydrogen) atoms. The van der Waals surface area contributed by atoms with Gasteiger partial charge in [0.2, 0.25) is 0 Å². The van der Waals surface area contributed by atoms with E-state index in [0.29, 0.717) is 16.5 Å². The molecule has 0 saturated carbocycles. The Morgan fingerprint density at radius 1 is 1.26 bits per heavy atom. The number of likely N-dealkylation sites (N-methyl/N-ethyl adjacent to an activating group) is 1. The van der Waals surface area contributed by atoms with Crippen LogP contribution in [0.1, 0.15) is 51.7 Å². The summed E-state index contributed by atoms with van der Waals surface area (Å²) >= 11 is 0. The van der Waals surface area contributed by atoms with E-state index in [2.05, 4.69) is 11.2 Å². The first-order valence-electron chi connectivity index (χ1n) is 10.1. The summed E-state index contributed by atoms with van der Waals surface area (Å²) in [5.74, 6) is 2.33. The van der Waals surface area contributed by atoms with Gasteiger partial charge in [-0.1, -0.05) is 25.8 Å². The number of nitrogens with zero attached hydrogens (tertiary/aromatic N) is 1. The number of terminal acetylenes is 1. The maximum Gasteiger partial charge on any atom is 0.415 e. The Balaban J connectivity index is 2.12. The van der Waals surface area contributed by atoms with Gasteiger partial charge in [-0.05, 0) is 55.8 Å². The third-order valence-corrected chi connectivity index (χ3v) is 4.47. The van der Waals surface area contributed by atoms with Crippen molar-refractivity contribution in [2.75, 3.05) is 20.1 Å². The minimum absolute atomic E-state index is 0.0332. The number of rotatable bonds is 5. The number of benzene rings is 2. The van der Waals surface area contributed by atoms with Crippen LogP contribution in [0.15, 0.2) is 24.3 Å². The number of carbonyl (C=O) groups is 2. The standard InChI is InChI=1S/C24H29FN2O4/c1-8-18-20(25)10-9-16-13-17(14-19(15(2)3)21(16)18)30-23(29)27(7)12-11-26-22(28)31-24(4,5)6/h1,9-10,13-15H,11-12H2,2-7H3,(H,26,28). The van der Waals surface area contributed by atoms with E-state index in [4.69, 9.17) is 15.9 Å². The van der Waals surface area contributed by atoms with E-state index >= 15 is 0 Å². The molecule has 0 atom stereocenters. The van der Waals surface area contributed by atoms with Crippen molar-refractivity contribution < 1.29 is 23.5 Å². The van der Waals surface area contributed by atoms with Crippen molar-refractivity contribution in [3.8, 4) is 18.1 Å². The fraction of sp³-hybridized carbons (Fsp3) is 0.417. The van der Waals surface area contributed by atoms with E-state index in [1.807, 2.05) is 13.8 Å². The molecule has 0 aliphatic heterocycles. The maximum atomic E-state index is 14.2. The van der Waals surface area contributed by atoms with Crippen molar-refractivity contribution in [3.05, 3.63) is 41.2 Å². The average molecular weight is 429 g/mol. The number of hydrogen-bond donors (Lipinski definition) is 1. The normalized spacial score (nSPS) is 11.2. The molecule has 2 rings (SSSR count). The summed E-state index contributed by atoms with van der Waals surface area (Å²) in [6.07, 6.45) is 4.39. The maximum absolute atomic E-state index is 14.2. The van der Waals surface area contributed by atoms with Crippen molar-refractivity contribution in [1.82, 2.24) is 10.2 Å². The topological polar surface area (TPSA) is 67.9 Å². The predicted molar refractivity (Wildman–Crippen MR) is 119 cm³/mol. The molecule has 0 radical (unpaired) electrons. The van der Waals surface area contributed by atoms with E-state index in [9.17, 15) is 14.0 Å². The van der Waals surface area contributed by atoms with Crippen LogP contribution in [-0.2, 0) is 4.74 Å². The van der Waals surface area contributed by atoms with Gasteiger partial charge in [0.15, 0.2) is 0 Å². The lowest BCUT2D eigenvalue weighted by molar-refractivity contribution is 0.0523. The summed E-state index contributed by atoms with van der Waals surface area (Å²) in [6.45, 7) is 9.67. The largest absolute Gasteiger partial charge is 0.444 e. The van der Waals surface area contributed by atoms with Crippen LogP contribution in [0.25, 0.3) is 10.8 Å². The first-order chi connectivity index (χ1) is 14.4. The number of alkyl carbamates (subject to hydrolysis) is 1. The molecule has 7 heteroatoms. The van der Waals surface area contributed by atoms with Crippen LogP contribution in [0.3, 0.4) is 0 Å². The smallest absolute Gasteiger partial charge is 0.415 e. The Bertz CT molecular complexity index is 1020. The van der Waals surface area contributed by atoms with Crippen molar-refractivity contribution in [1.29, 1.82) is 0 Å². The number of hydrogen-bond acceptors (Lipinski definition) is 4. The van der Waals surface area contributed by atoms with Crippen LogP contribution in [0.5, 0.6) is 5.75 Å². The summed E-state index contributed by atoms with van der Waals surface area (Å²) in [6, 6.07) is 6.29. The van der Waals surface area contributed by atoms with Crippen LogP contribution in [-0.4, -0.2) is 42.8 Å². The quantitative estimate of drug-likeness (QED) is 0.678. The number of nitrogens with one attached hydrogen (secondary N) is 1. The first kappa shape index (κ1) is 24.0. The molecule has 0 aliphatic rings. The molecule has 0 aliphatic carbocycles. The highest BCUT2D eigenvalue weighted by molar-refractivity contribution is 5.93. The predicted octanol–water partition coefficient (Wildman–Crippen LogP) is 5.04. The van der Waals surface area contributed by atoms with Crippen molar-refractivity contribution >= 4 is 23.0 Å². The highest BCUT2D eigenvalue weighted by Crippen LogP contribution is 2.34. The van der Waals surface area contributed by atoms with Gasteiger partial charge in [-0.15, -0.1) is 6.42 Å². The molecule has 166 valence electrons. The molecule has 0 aromatic heterocycles. The molecular weight excluding hydrogens is 399 g/mol. The zero-order valence-corrected chi connectivity index (χ0v) is 18.8. The number of carbonyl (C=O) groups excluding carboxylic acids is 2. The van der Waals surface area contributed by atoms with Crippen molar-refractivity contribution in [2.45, 2.75) is 46.1 Å². The molecule has 2 amide bonds. The van der Waals surface area contributed by atoms with Crippen molar-refractivity contribution in [3.63, 3.8) is 0 Å². The van der Waals surface area contributed by atoms with E-state index in [-0.39, 0.29) is 24.6 Å². The van der Waals surface area contributed by atoms with Gasteiger partial charge in [0.05, 0.1) is 5.56 Å². The van der Waals surface area contributed by atoms with Gasteiger partial charge in [0, 0.05) is 25.5 Å². The van der Waals surface area contributed by atoms with Crippen LogP contribution < -0.4 is 10.1 Å². The molecule has 0 saturated heterocycles. The van der Waals surface area contributed by atoms with Gasteiger partial charge in [-0.2, -0.15) is 0 Å². The highest BCUT2D eigenvalue weighted by atomic mass is 19.1. The van der Waals surface area contributed by atoms with Crippen LogP contribution >= 0.6 is 0 Å². The van der Waals surface area contributed by atoms with Crippen LogP contribution in [0, 0.1) is 18.2 Å². The summed E-state index contributed by atoms with van der Waals surface area (Å²) in [5, 5.41) is 3.93. The Labute approximate surface area is 182 Å². The highest BCUT2D eigenvalue weighted by Gasteiger charge is 2.18. The van der Waals surface area contributed by atoms with Gasteiger partial charge < -0.3 is 19.7 Å². The molecule has 0 bridgehead atoms. The molecule has 0 spiro atoms. The Morgan fingerprint density at radius 3 is 2.52 bits per heavy atom. The van der Waals surface area contributed by atoms with Gasteiger partial charge >= 0.3 is 12.2 Å². The van der Waals surface area contributed by atoms with E-state index in [1.54, 1.807) is 46.0 Å². The number of amides is 2. The number of fused-ring (bicyclic) bond motifs is 1. The molecule has 0 heterocycles. The summed E-state index contributed by atoms with van der Waals surface area (Å²) in [5.41, 5.74) is 0.396. The fourth-order valence-corrected chi connectivity index (χ4v) is 3.01. The first-order valence-corrected chi connectivity index (χ1v) is 10.1. The summed E-state index contributed by atoms with van der Waals surface area (Å²) < 4.78 is 24.8. The van der Waals surface area contributed by atoms with E-state index < -0.39 is 23.6 Å². The molecule has 2 aromatic carbocycles. The SMILES string of the molecule is C#Cc1c(F)ccc2cc(OC(=O)N(C)CCNC(=O)OC(C)(C)C)cc(C(C)C)c12. The molecule has 6 nitrogen and oxygen atoms in total. The minimum atomic E-state index is -0.596. The lowest BCUT2D eigenvalue weighted by Crippen LogP contribution is -2.39. The second-order valence-corrected chi connectivity index (χ2v) is 8.55. The second-order valence-electron chi connectivity index (χ2n) is 8.55. The third-order valence-electron chi connectivity index (χ3n) is 4.47. The summed E-state index contributed by atoms with van der Waals surface area (Å²) in [7, 11) is 1.56. The fourth-order valence-electron chi connectivity index (χ4n) is 3.01. The summed E-state index contributed by atoms with van der Waals surface area (Å²) in [4.78, 5) is 25.5. The van der Waals surface area contributed by atoms with E-state index in [0.717, 1.165) is 5.56 Å². The van der Waals surface area contributed by atoms with Gasteiger partial charge in [0.1, 0.15) is 17.2 Å². The molecule has 0 unspecified atom stereocenters. The second kappa shape index (κ2) is 9.69. The van der Waals surface area contributed by atoms with Crippen molar-refractivity contribution in [2.24, 2.45) is 0 Å². The van der Waals surface area contributed by atoms with Crippen LogP contribution in [0.2, 0.25) is 0 Å². The monoisotopic (exact) mass is 428 g/mol. The van der Waals surface area contributed by atoms with E-state index in [1.165, 1.54) is 11.0 Å². The molecule has 1 N–H and O–H groups in total. The zero-order valence-electron chi connectivity index (χ0n) is 18.8. The minimum Gasteiger partial charge on any atom is -0.444 e. The van der Waals surface area contributed by atoms with Gasteiger partial charge in [-0.3, -0.25) is 0 Å². The Morgan fingerprint density at radius 2 is 1.94 bits per heavy atom. The Hall–Kier alpha value is -3.27. The van der Waals surface area contributed by atoms with Gasteiger partial charge in [0.25, 0.3) is 0 Å². The lowest BCUT2D eigenvalue weighted by Gasteiger charge is -2.21. The lowest BCUT2D eigenvalue weighted by atomic mass is 9.92. The van der Waals surface area contributed by atoms with Gasteiger partial charge in [-0.25, -0.2) is 14.0 Å². The number of halogens is 1. The molecule has 2 aromatic rings. The number of ether oxygens (including phenoxy) is 2. The average Bonchev–Trinajstić information content (AvgIpc) is 2.65. The zero-order chi connectivity index (χ0) is 23.3. The van der Waals surface area contributed by atoms with Crippen LogP contribution in [0.4, 0.5) is 14.0 Å². The Kier molecular flexibility index (Phi) is 7.50.